The van der Waals surface area contributed by atoms with Gasteiger partial charge in [0.05, 0.1) is 170 Å². The minimum Gasteiger partial charge on any atom is -1.00 e. The predicted octanol–water partition coefficient (Wildman–Crippen LogP) is -8.72. The van der Waals surface area contributed by atoms with E-state index in [0.29, 0.717) is 65.4 Å². The van der Waals surface area contributed by atoms with Gasteiger partial charge in [-0.3, -0.25) is 47.9 Å². The highest BCUT2D eigenvalue weighted by Crippen LogP contribution is 2.39. The molecule has 0 unspecified atom stereocenters. The molecule has 104 heavy (non-hydrogen) atoms. The molecule has 0 aromatic heterocycles. The molecule has 0 radical (unpaired) electrons. The number of nitrogens with one attached hydrogen (secondary N) is 5. The van der Waals surface area contributed by atoms with Crippen LogP contribution in [0.3, 0.4) is 0 Å². The van der Waals surface area contributed by atoms with Gasteiger partial charge in [-0.2, -0.15) is 0 Å². The molecular weight excluding hydrogens is 1540 g/mol. The lowest BCUT2D eigenvalue weighted by molar-refractivity contribution is -0.899. The fourth-order valence-electron chi connectivity index (χ4n) is 13.4. The van der Waals surface area contributed by atoms with Gasteiger partial charge in [0.2, 0.25) is 0 Å². The third-order valence-electron chi connectivity index (χ3n) is 19.6. The van der Waals surface area contributed by atoms with Crippen LogP contribution in [-0.2, 0) is 47.9 Å². The summed E-state index contributed by atoms with van der Waals surface area (Å²) >= 11 is 0. The van der Waals surface area contributed by atoms with Gasteiger partial charge < -0.3 is 138 Å². The number of hydrogen-bond donors (Lipinski definition) is 15. The van der Waals surface area contributed by atoms with Gasteiger partial charge in [-0.1, -0.05) is 186 Å². The predicted molar refractivity (Wildman–Crippen MR) is 406 cm³/mol. The van der Waals surface area contributed by atoms with Crippen LogP contribution in [-0.4, -0.2) is 249 Å². The standard InChI is InChI=1S/C56H112N4O16Si5.C10H19NO4.3CH4.5ClH/c1-77(2,37-9-25-57(29-17-49(61)62)30-18-50(63)64)41-13-45-81(46-14-42-78(3,4)38-10-26-58(31-19-51(65)66)32-20-52(67)68,47-15-43-79(5,6)39-11-27-59(33-21-53(69)70)34-22-54(71)72)48-16-44-80(7,8)40-12-28-60(35-23-55(73)74)36-24-56(75)76;1-2-3-6-11(7-4-9(12)13)8-5-10(14)15;;;;;;;;/h9-48H2,1-8H3,(H,61,62)(H,63,64)(H,65,66)(H,67,68)(H,69,70)(H,71,72)(H,73,74)(H,75,76);2-8H2,1H3,(H,12,13)(H,14,15);3*1H4;5*1H. The summed E-state index contributed by atoms with van der Waals surface area (Å²) in [6.45, 7) is 30.0. The van der Waals surface area contributed by atoms with E-state index in [4.69, 9.17) is 10.2 Å². The molecule has 0 aliphatic carbocycles. The number of aliphatic carboxylic acids is 10. The molecule has 25 nitrogen and oxygen atoms in total. The molecule has 624 valence electrons. The molecule has 0 atom stereocenters. The van der Waals surface area contributed by atoms with E-state index >= 15 is 0 Å². The maximum Gasteiger partial charge on any atom is 0.309 e. The van der Waals surface area contributed by atoms with Crippen LogP contribution in [0.1, 0.15) is 158 Å². The number of carboxylic acids is 10. The number of rotatable bonds is 65. The van der Waals surface area contributed by atoms with Gasteiger partial charge in [0.25, 0.3) is 0 Å². The molecule has 0 fully saturated rings. The van der Waals surface area contributed by atoms with Gasteiger partial charge in [-0.05, 0) is 32.1 Å². The monoisotopic (exact) mass is 1680 g/mol. The summed E-state index contributed by atoms with van der Waals surface area (Å²) in [4.78, 5) is 117. The van der Waals surface area contributed by atoms with Gasteiger partial charge in [-0.25, -0.2) is 0 Å². The smallest absolute Gasteiger partial charge is 0.309 e. The molecule has 0 spiro atoms. The minimum absolute atomic E-state index is 0. The van der Waals surface area contributed by atoms with Crippen LogP contribution in [0.4, 0.5) is 0 Å². The molecule has 0 aliphatic rings. The Kier molecular flexibility index (Phi) is 81.2. The number of halogens is 5. The number of hydrogen-bond acceptors (Lipinski definition) is 10. The van der Waals surface area contributed by atoms with Crippen LogP contribution < -0.4 is 86.5 Å². The van der Waals surface area contributed by atoms with Crippen molar-refractivity contribution in [1.82, 2.24) is 0 Å². The average Bonchev–Trinajstić information content (AvgIpc) is 0.846. The average molecular weight is 1690 g/mol. The molecule has 0 aromatic rings. The van der Waals surface area contributed by atoms with Gasteiger partial charge in [0.15, 0.2) is 0 Å². The van der Waals surface area contributed by atoms with Gasteiger partial charge in [0, 0.05) is 32.3 Å². The highest BCUT2D eigenvalue weighted by molar-refractivity contribution is 6.82. The summed E-state index contributed by atoms with van der Waals surface area (Å²) in [6, 6.07) is 14.2. The van der Waals surface area contributed by atoms with Crippen LogP contribution >= 0.6 is 0 Å². The summed E-state index contributed by atoms with van der Waals surface area (Å²) < 4.78 is 0. The van der Waals surface area contributed by atoms with Crippen LogP contribution in [0.2, 0.25) is 125 Å². The molecular formula is C69H148Cl5N5O20Si5. The van der Waals surface area contributed by atoms with Crippen LogP contribution in [0.5, 0.6) is 0 Å². The lowest BCUT2D eigenvalue weighted by atomic mass is 10.2. The van der Waals surface area contributed by atoms with Gasteiger partial charge >= 0.3 is 59.7 Å². The fraction of sp³-hybridized carbons (Fsp3) is 0.855. The molecule has 0 saturated heterocycles. The number of carbonyl (C=O) groups is 10. The quantitative estimate of drug-likeness (QED) is 0.0252. The first kappa shape index (κ1) is 122. The first-order chi connectivity index (χ1) is 44.7. The second kappa shape index (κ2) is 69.2. The van der Waals surface area contributed by atoms with Crippen molar-refractivity contribution >= 4 is 100 Å². The van der Waals surface area contributed by atoms with Crippen LogP contribution in [0, 0.1) is 0 Å². The van der Waals surface area contributed by atoms with Gasteiger partial charge in [0.1, 0.15) is 0 Å². The molecule has 15 N–H and O–H groups in total. The Labute approximate surface area is 662 Å². The van der Waals surface area contributed by atoms with Crippen molar-refractivity contribution < 1.29 is 186 Å². The molecule has 0 aliphatic heterocycles. The van der Waals surface area contributed by atoms with Crippen molar-refractivity contribution in [3.05, 3.63) is 0 Å². The topological polar surface area (TPSA) is 395 Å². The summed E-state index contributed by atoms with van der Waals surface area (Å²) in [5, 5.41) is 92.0. The lowest BCUT2D eigenvalue weighted by Gasteiger charge is -2.37. The Balaban J connectivity index is -0.000000427. The minimum atomic E-state index is -1.94. The Morgan fingerprint density at radius 1 is 0.212 bits per heavy atom. The van der Waals surface area contributed by atoms with Crippen molar-refractivity contribution in [3.63, 3.8) is 0 Å². The summed E-state index contributed by atoms with van der Waals surface area (Å²) in [5.41, 5.74) is 0. The Hall–Kier alpha value is -2.97. The normalized spacial score (nSPS) is 11.4. The molecule has 35 heteroatoms. The molecule has 0 amide bonds. The molecule has 0 bridgehead atoms. The van der Waals surface area contributed by atoms with Crippen molar-refractivity contribution in [2.24, 2.45) is 0 Å². The maximum absolute atomic E-state index is 11.4. The second-order valence-electron chi connectivity index (χ2n) is 30.8. The first-order valence-corrected chi connectivity index (χ1v) is 52.6. The summed E-state index contributed by atoms with van der Waals surface area (Å²) in [6.07, 6.45) is 10.8. The van der Waals surface area contributed by atoms with Crippen molar-refractivity contribution in [1.29, 1.82) is 0 Å². The van der Waals surface area contributed by atoms with E-state index in [-0.39, 0.29) is 149 Å². The second-order valence-corrected chi connectivity index (χ2v) is 57.1. The molecule has 0 saturated carbocycles. The van der Waals surface area contributed by atoms with Crippen molar-refractivity contribution in [3.8, 4) is 0 Å². The highest BCUT2D eigenvalue weighted by Gasteiger charge is 2.36. The zero-order valence-corrected chi connectivity index (χ0v) is 71.5. The SMILES string of the molecule is C.C.C.CCCC[NH+](CCC(=O)O)CCC(=O)O.C[Si](C)(CCC[NH+](CCC(=O)O)CCC(=O)O)CCC[Si](CCC[Si](C)(C)CCC[NH+](CCC(=O)O)CCC(=O)O)(CCC[Si](C)(C)CCC[NH+](CCC(=O)O)CCC(=O)O)CCC[Si](C)(C)CCC[NH+](CCC(=O)O)CCC(=O)O.[Cl-].[Cl-].[Cl-].[Cl-].[Cl-]. The van der Waals surface area contributed by atoms with Gasteiger partial charge in [-0.15, -0.1) is 0 Å². The van der Waals surface area contributed by atoms with E-state index in [1.807, 2.05) is 0 Å². The van der Waals surface area contributed by atoms with Crippen molar-refractivity contribution in [2.45, 2.75) is 283 Å². The highest BCUT2D eigenvalue weighted by atomic mass is 35.5. The van der Waals surface area contributed by atoms with Crippen molar-refractivity contribution in [2.75, 3.05) is 98.2 Å². The maximum atomic E-state index is 11.4. The summed E-state index contributed by atoms with van der Waals surface area (Å²) in [5.74, 6) is -8.64. The van der Waals surface area contributed by atoms with Crippen LogP contribution in [0.15, 0.2) is 0 Å². The number of quaternary nitrogens is 5. The van der Waals surface area contributed by atoms with E-state index in [2.05, 4.69) is 59.3 Å². The van der Waals surface area contributed by atoms with Crippen LogP contribution in [0.25, 0.3) is 0 Å². The Bertz CT molecular complexity index is 1950. The zero-order valence-electron chi connectivity index (χ0n) is 62.7. The van der Waals surface area contributed by atoms with E-state index in [1.165, 1.54) is 74.0 Å². The first-order valence-electron chi connectivity index (χ1n) is 36.1. The van der Waals surface area contributed by atoms with E-state index < -0.39 is 100 Å². The number of unbranched alkanes of at least 4 members (excludes halogenated alkanes) is 1. The molecule has 0 aromatic carbocycles. The zero-order chi connectivity index (χ0) is 73.4. The third kappa shape index (κ3) is 77.2. The third-order valence-corrected chi connectivity index (χ3v) is 38.9. The van der Waals surface area contributed by atoms with E-state index in [9.17, 15) is 88.8 Å². The lowest BCUT2D eigenvalue weighted by Crippen LogP contribution is -3.12. The Morgan fingerprint density at radius 3 is 0.462 bits per heavy atom. The fourth-order valence-corrected chi connectivity index (χ4v) is 30.1. The Morgan fingerprint density at radius 2 is 0.337 bits per heavy atom. The van der Waals surface area contributed by atoms with E-state index in [1.54, 1.807) is 0 Å². The summed E-state index contributed by atoms with van der Waals surface area (Å²) in [7, 11) is -8.72. The largest absolute Gasteiger partial charge is 1.00 e. The van der Waals surface area contributed by atoms with E-state index in [0.717, 1.165) is 120 Å². The number of carboxylic acid groups (broad SMARTS) is 10. The molecule has 0 heterocycles. The molecule has 0 rings (SSSR count).